The summed E-state index contributed by atoms with van der Waals surface area (Å²) in [5.74, 6) is -0.149. The Labute approximate surface area is 139 Å². The number of amides is 1. The number of hydrogen-bond donors (Lipinski definition) is 0. The van der Waals surface area contributed by atoms with Crippen molar-refractivity contribution < 1.29 is 13.2 Å². The number of nitrogens with zero attached hydrogens (tertiary/aromatic N) is 2. The van der Waals surface area contributed by atoms with Crippen LogP contribution in [0.4, 0.5) is 0 Å². The van der Waals surface area contributed by atoms with E-state index in [1.54, 1.807) is 17.2 Å². The fourth-order valence-corrected chi connectivity index (χ4v) is 5.86. The second kappa shape index (κ2) is 6.28. The Balaban J connectivity index is 1.62. The zero-order valence-electron chi connectivity index (χ0n) is 12.2. The largest absolute Gasteiger partial charge is 0.336 e. The van der Waals surface area contributed by atoms with E-state index in [0.29, 0.717) is 18.7 Å². The van der Waals surface area contributed by atoms with Crippen LogP contribution in [0.2, 0.25) is 0 Å². The van der Waals surface area contributed by atoms with Crippen LogP contribution in [-0.2, 0) is 9.84 Å². The smallest absolute Gasteiger partial charge is 0.255 e. The molecule has 0 radical (unpaired) electrons. The molecule has 2 heterocycles. The summed E-state index contributed by atoms with van der Waals surface area (Å²) in [6, 6.07) is 1.71. The maximum absolute atomic E-state index is 12.6. The Bertz CT molecular complexity index is 665. The van der Waals surface area contributed by atoms with Gasteiger partial charge in [-0.1, -0.05) is 19.3 Å². The van der Waals surface area contributed by atoms with Gasteiger partial charge in [-0.05, 0) is 34.8 Å². The van der Waals surface area contributed by atoms with Gasteiger partial charge in [-0.3, -0.25) is 9.78 Å². The molecule has 5 nitrogen and oxygen atoms in total. The molecule has 1 aliphatic heterocycles. The maximum Gasteiger partial charge on any atom is 0.255 e. The highest BCUT2D eigenvalue weighted by Gasteiger charge is 2.43. The van der Waals surface area contributed by atoms with Crippen molar-refractivity contribution >= 4 is 31.7 Å². The van der Waals surface area contributed by atoms with Crippen molar-refractivity contribution in [1.82, 2.24) is 9.88 Å². The third kappa shape index (κ3) is 3.06. The maximum atomic E-state index is 12.6. The first-order valence-corrected chi connectivity index (χ1v) is 10.0. The number of likely N-dealkylation sites (tertiary alicyclic amines) is 1. The van der Waals surface area contributed by atoms with Gasteiger partial charge in [0.15, 0.2) is 9.84 Å². The summed E-state index contributed by atoms with van der Waals surface area (Å²) in [6.07, 6.45) is 7.83. The van der Waals surface area contributed by atoms with E-state index >= 15 is 0 Å². The van der Waals surface area contributed by atoms with E-state index in [-0.39, 0.29) is 16.4 Å². The van der Waals surface area contributed by atoms with Gasteiger partial charge in [-0.15, -0.1) is 0 Å². The predicted molar refractivity (Wildman–Crippen MR) is 87.4 cm³/mol. The monoisotopic (exact) mass is 386 g/mol. The standard InChI is InChI=1S/C15H19BrN2O3S/c16-12-6-11(7-17-8-12)15(19)18-9-14(10-18)22(20,21)13-4-2-1-3-5-13/h6-8,13-14H,1-5,9-10H2. The third-order valence-corrected chi connectivity index (χ3v) is 7.63. The van der Waals surface area contributed by atoms with Crippen LogP contribution < -0.4 is 0 Å². The van der Waals surface area contributed by atoms with E-state index in [4.69, 9.17) is 0 Å². The molecule has 0 unspecified atom stereocenters. The van der Waals surface area contributed by atoms with Gasteiger partial charge in [-0.25, -0.2) is 8.42 Å². The van der Waals surface area contributed by atoms with Gasteiger partial charge in [0.1, 0.15) is 0 Å². The molecule has 0 N–H and O–H groups in total. The highest BCUT2D eigenvalue weighted by Crippen LogP contribution is 2.30. The van der Waals surface area contributed by atoms with E-state index in [1.165, 1.54) is 6.20 Å². The lowest BCUT2D eigenvalue weighted by Gasteiger charge is -2.40. The lowest BCUT2D eigenvalue weighted by molar-refractivity contribution is 0.0657. The molecule has 1 aromatic heterocycles. The number of pyridine rings is 1. The summed E-state index contributed by atoms with van der Waals surface area (Å²) in [5, 5.41) is -0.587. The van der Waals surface area contributed by atoms with Gasteiger partial charge in [0.2, 0.25) is 0 Å². The SMILES string of the molecule is O=C(c1cncc(Br)c1)N1CC(S(=O)(=O)C2CCCCC2)C1. The lowest BCUT2D eigenvalue weighted by atomic mass is 10.0. The Hall–Kier alpha value is -0.950. The first kappa shape index (κ1) is 15.9. The number of carbonyl (C=O) groups excluding carboxylic acids is 1. The van der Waals surface area contributed by atoms with Gasteiger partial charge in [0.25, 0.3) is 5.91 Å². The van der Waals surface area contributed by atoms with E-state index in [2.05, 4.69) is 20.9 Å². The molecule has 1 aliphatic carbocycles. The first-order chi connectivity index (χ1) is 10.5. The molecular weight excluding hydrogens is 368 g/mol. The number of hydrogen-bond acceptors (Lipinski definition) is 4. The minimum atomic E-state index is -3.10. The Morgan fingerprint density at radius 2 is 1.82 bits per heavy atom. The molecule has 2 aliphatic rings. The molecule has 0 atom stereocenters. The van der Waals surface area contributed by atoms with Gasteiger partial charge < -0.3 is 4.90 Å². The molecule has 120 valence electrons. The van der Waals surface area contributed by atoms with Gasteiger partial charge in [0, 0.05) is 30.0 Å². The van der Waals surface area contributed by atoms with Crippen LogP contribution in [0.3, 0.4) is 0 Å². The van der Waals surface area contributed by atoms with Crippen LogP contribution in [0.25, 0.3) is 0 Å². The summed E-state index contributed by atoms with van der Waals surface area (Å²) in [6.45, 7) is 0.619. The molecule has 1 saturated heterocycles. The molecule has 2 fully saturated rings. The summed E-state index contributed by atoms with van der Waals surface area (Å²) < 4.78 is 25.9. The van der Waals surface area contributed by atoms with Crippen LogP contribution in [-0.4, -0.2) is 47.8 Å². The Morgan fingerprint density at radius 3 is 2.45 bits per heavy atom. The van der Waals surface area contributed by atoms with Crippen molar-refractivity contribution in [3.8, 4) is 0 Å². The zero-order chi connectivity index (χ0) is 15.7. The summed E-state index contributed by atoms with van der Waals surface area (Å²) in [5.41, 5.74) is 0.489. The fraction of sp³-hybridized carbons (Fsp3) is 0.600. The van der Waals surface area contributed by atoms with Crippen molar-refractivity contribution in [2.75, 3.05) is 13.1 Å². The Kier molecular flexibility index (Phi) is 4.54. The van der Waals surface area contributed by atoms with Gasteiger partial charge in [-0.2, -0.15) is 0 Å². The molecular formula is C15H19BrN2O3S. The molecule has 0 bridgehead atoms. The predicted octanol–water partition coefficient (Wildman–Crippen LogP) is 2.42. The average Bonchev–Trinajstić information content (AvgIpc) is 2.46. The molecule has 1 amide bonds. The van der Waals surface area contributed by atoms with Crippen molar-refractivity contribution in [1.29, 1.82) is 0 Å². The number of rotatable bonds is 3. The summed E-state index contributed by atoms with van der Waals surface area (Å²) in [7, 11) is -3.10. The summed E-state index contributed by atoms with van der Waals surface area (Å²) >= 11 is 3.29. The molecule has 22 heavy (non-hydrogen) atoms. The molecule has 3 rings (SSSR count). The van der Waals surface area contributed by atoms with Crippen molar-refractivity contribution in [2.24, 2.45) is 0 Å². The van der Waals surface area contributed by atoms with Crippen LogP contribution in [0.5, 0.6) is 0 Å². The van der Waals surface area contributed by atoms with Crippen LogP contribution in [0, 0.1) is 0 Å². The highest BCUT2D eigenvalue weighted by molar-refractivity contribution is 9.10. The van der Waals surface area contributed by atoms with E-state index in [1.807, 2.05) is 0 Å². The van der Waals surface area contributed by atoms with Gasteiger partial charge >= 0.3 is 0 Å². The third-order valence-electron chi connectivity index (χ3n) is 4.57. The van der Waals surface area contributed by atoms with Gasteiger partial charge in [0.05, 0.1) is 16.1 Å². The van der Waals surface area contributed by atoms with Crippen LogP contribution in [0.15, 0.2) is 22.9 Å². The van der Waals surface area contributed by atoms with Crippen molar-refractivity contribution in [3.05, 3.63) is 28.5 Å². The average molecular weight is 387 g/mol. The minimum absolute atomic E-state index is 0.149. The van der Waals surface area contributed by atoms with Crippen molar-refractivity contribution in [2.45, 2.75) is 42.6 Å². The minimum Gasteiger partial charge on any atom is -0.336 e. The van der Waals surface area contributed by atoms with Crippen LogP contribution >= 0.6 is 15.9 Å². The highest BCUT2D eigenvalue weighted by atomic mass is 79.9. The molecule has 7 heteroatoms. The molecule has 0 spiro atoms. The van der Waals surface area contributed by atoms with Crippen molar-refractivity contribution in [3.63, 3.8) is 0 Å². The topological polar surface area (TPSA) is 67.3 Å². The number of carbonyl (C=O) groups is 1. The number of halogens is 1. The summed E-state index contributed by atoms with van der Waals surface area (Å²) in [4.78, 5) is 17.9. The lowest BCUT2D eigenvalue weighted by Crippen LogP contribution is -2.58. The van der Waals surface area contributed by atoms with E-state index < -0.39 is 9.84 Å². The number of sulfone groups is 1. The normalized spacial score (nSPS) is 20.7. The molecule has 1 saturated carbocycles. The fourth-order valence-electron chi connectivity index (χ4n) is 3.19. The number of aromatic nitrogens is 1. The second-order valence-electron chi connectivity index (χ2n) is 6.07. The quantitative estimate of drug-likeness (QED) is 0.799. The second-order valence-corrected chi connectivity index (χ2v) is 9.50. The zero-order valence-corrected chi connectivity index (χ0v) is 14.6. The molecule has 0 aromatic carbocycles. The molecule has 1 aromatic rings. The van der Waals surface area contributed by atoms with Crippen LogP contribution in [0.1, 0.15) is 42.5 Å². The van der Waals surface area contributed by atoms with E-state index in [9.17, 15) is 13.2 Å². The Morgan fingerprint density at radius 1 is 1.14 bits per heavy atom. The first-order valence-electron chi connectivity index (χ1n) is 7.61. The van der Waals surface area contributed by atoms with E-state index in [0.717, 1.165) is 36.6 Å².